The summed E-state index contributed by atoms with van der Waals surface area (Å²) in [7, 11) is 0. The van der Waals surface area contributed by atoms with Gasteiger partial charge >= 0.3 is 0 Å². The summed E-state index contributed by atoms with van der Waals surface area (Å²) in [5.41, 5.74) is 2.30. The Morgan fingerprint density at radius 1 is 1.25 bits per heavy atom. The van der Waals surface area contributed by atoms with Gasteiger partial charge in [0.05, 0.1) is 19.0 Å². The number of aromatic amines is 1. The Balaban J connectivity index is 1.60. The van der Waals surface area contributed by atoms with Crippen molar-refractivity contribution in [3.8, 4) is 0 Å². The highest BCUT2D eigenvalue weighted by Crippen LogP contribution is 2.40. The summed E-state index contributed by atoms with van der Waals surface area (Å²) < 4.78 is 5.35. The maximum absolute atomic E-state index is 12.4. The van der Waals surface area contributed by atoms with Crippen molar-refractivity contribution in [1.29, 1.82) is 0 Å². The summed E-state index contributed by atoms with van der Waals surface area (Å²) in [6.07, 6.45) is 0. The van der Waals surface area contributed by atoms with Gasteiger partial charge in [-0.05, 0) is 12.5 Å². The Hall–Kier alpha value is -2.06. The lowest BCUT2D eigenvalue weighted by Gasteiger charge is -2.25. The van der Waals surface area contributed by atoms with Crippen LogP contribution in [0.1, 0.15) is 16.5 Å². The van der Waals surface area contributed by atoms with Gasteiger partial charge < -0.3 is 9.64 Å². The third-order valence-electron chi connectivity index (χ3n) is 4.21. The van der Waals surface area contributed by atoms with Crippen LogP contribution in [0.5, 0.6) is 0 Å². The number of aromatic nitrogens is 3. The molecule has 0 aliphatic carbocycles. The molecule has 7 nitrogen and oxygen atoms in total. The van der Waals surface area contributed by atoms with E-state index >= 15 is 0 Å². The van der Waals surface area contributed by atoms with E-state index in [1.165, 1.54) is 5.56 Å². The fraction of sp³-hybridized carbons (Fsp3) is 0.438. The minimum absolute atomic E-state index is 0.0512. The molecule has 0 bridgehead atoms. The lowest BCUT2D eigenvalue weighted by atomic mass is 10.1. The van der Waals surface area contributed by atoms with Crippen LogP contribution in [-0.4, -0.2) is 53.1 Å². The molecule has 2 fully saturated rings. The van der Waals surface area contributed by atoms with Crippen LogP contribution in [0.3, 0.4) is 0 Å². The number of nitrogens with zero attached hydrogens (tertiary/aromatic N) is 4. The van der Waals surface area contributed by atoms with Gasteiger partial charge in [-0.3, -0.25) is 9.69 Å². The molecular weight excluding hydrogens is 326 g/mol. The van der Waals surface area contributed by atoms with Crippen molar-refractivity contribution < 1.29 is 9.53 Å². The molecule has 3 heterocycles. The number of hydrogen-bond donors (Lipinski definition) is 1. The molecule has 2 aliphatic heterocycles. The summed E-state index contributed by atoms with van der Waals surface area (Å²) in [5, 5.41) is 7.16. The number of carbonyl (C=O) groups is 1. The highest BCUT2D eigenvalue weighted by Gasteiger charge is 2.36. The average molecular weight is 345 g/mol. The normalized spacial score (nSPS) is 21.5. The molecule has 1 aromatic carbocycles. The van der Waals surface area contributed by atoms with E-state index in [2.05, 4.69) is 51.3 Å². The van der Waals surface area contributed by atoms with E-state index in [0.29, 0.717) is 30.9 Å². The first-order valence-corrected chi connectivity index (χ1v) is 9.02. The molecule has 4 rings (SSSR count). The van der Waals surface area contributed by atoms with E-state index in [1.807, 2.05) is 0 Å². The standard InChI is InChI=1S/C16H19N5O2S/c1-11-2-4-12(5-3-11)14-21(13(22)10-24-14)16-17-15(18-19-16)20-6-8-23-9-7-20/h2-5,14H,6-10H2,1H3,(H,17,18,19). The molecule has 8 heteroatoms. The zero-order valence-electron chi connectivity index (χ0n) is 13.4. The predicted octanol–water partition coefficient (Wildman–Crippen LogP) is 1.73. The number of anilines is 2. The van der Waals surface area contributed by atoms with Crippen molar-refractivity contribution in [1.82, 2.24) is 15.2 Å². The largest absolute Gasteiger partial charge is 0.378 e. The summed E-state index contributed by atoms with van der Waals surface area (Å²) in [6, 6.07) is 8.27. The van der Waals surface area contributed by atoms with E-state index in [0.717, 1.165) is 18.7 Å². The van der Waals surface area contributed by atoms with Gasteiger partial charge in [-0.15, -0.1) is 16.9 Å². The Labute approximate surface area is 144 Å². The molecule has 1 atom stereocenters. The highest BCUT2D eigenvalue weighted by molar-refractivity contribution is 8.00. The Morgan fingerprint density at radius 2 is 2.00 bits per heavy atom. The van der Waals surface area contributed by atoms with Gasteiger partial charge in [-0.25, -0.2) is 5.10 Å². The van der Waals surface area contributed by atoms with E-state index < -0.39 is 0 Å². The monoisotopic (exact) mass is 345 g/mol. The van der Waals surface area contributed by atoms with E-state index in [-0.39, 0.29) is 11.3 Å². The fourth-order valence-electron chi connectivity index (χ4n) is 2.89. The van der Waals surface area contributed by atoms with Crippen LogP contribution in [0.25, 0.3) is 0 Å². The number of amides is 1. The Morgan fingerprint density at radius 3 is 2.75 bits per heavy atom. The first-order valence-electron chi connectivity index (χ1n) is 7.98. The van der Waals surface area contributed by atoms with Crippen molar-refractivity contribution >= 4 is 29.6 Å². The number of H-pyrrole nitrogens is 1. The number of morpholine rings is 1. The van der Waals surface area contributed by atoms with Crippen LogP contribution < -0.4 is 9.80 Å². The molecule has 2 saturated heterocycles. The molecule has 2 aromatic rings. The SMILES string of the molecule is Cc1ccc(C2SCC(=O)N2c2nc(N3CCOCC3)n[nH]2)cc1. The number of hydrogen-bond acceptors (Lipinski definition) is 6. The minimum Gasteiger partial charge on any atom is -0.378 e. The smallest absolute Gasteiger partial charge is 0.246 e. The highest BCUT2D eigenvalue weighted by atomic mass is 32.2. The summed E-state index contributed by atoms with van der Waals surface area (Å²) in [4.78, 5) is 20.7. The third-order valence-corrected chi connectivity index (χ3v) is 5.43. The van der Waals surface area contributed by atoms with E-state index in [1.54, 1.807) is 16.7 Å². The lowest BCUT2D eigenvalue weighted by molar-refractivity contribution is -0.115. The number of thioether (sulfide) groups is 1. The van der Waals surface area contributed by atoms with Crippen molar-refractivity contribution in [2.24, 2.45) is 0 Å². The van der Waals surface area contributed by atoms with Gasteiger partial charge in [0.15, 0.2) is 0 Å². The number of carbonyl (C=O) groups excluding carboxylic acids is 1. The molecule has 1 aromatic heterocycles. The van der Waals surface area contributed by atoms with Crippen LogP contribution in [0, 0.1) is 6.92 Å². The van der Waals surface area contributed by atoms with Crippen LogP contribution in [0.2, 0.25) is 0 Å². The maximum Gasteiger partial charge on any atom is 0.246 e. The topological polar surface area (TPSA) is 74.3 Å². The van der Waals surface area contributed by atoms with Crippen molar-refractivity contribution in [3.63, 3.8) is 0 Å². The second-order valence-corrected chi connectivity index (χ2v) is 6.96. The quantitative estimate of drug-likeness (QED) is 0.913. The molecule has 2 aliphatic rings. The number of benzene rings is 1. The van der Waals surface area contributed by atoms with Gasteiger partial charge in [0.2, 0.25) is 17.8 Å². The molecule has 0 saturated carbocycles. The van der Waals surface area contributed by atoms with E-state index in [4.69, 9.17) is 4.74 Å². The van der Waals surface area contributed by atoms with Gasteiger partial charge in [0.25, 0.3) is 0 Å². The zero-order valence-corrected chi connectivity index (χ0v) is 14.3. The van der Waals surface area contributed by atoms with Gasteiger partial charge in [0, 0.05) is 13.1 Å². The van der Waals surface area contributed by atoms with Gasteiger partial charge in [0.1, 0.15) is 5.37 Å². The minimum atomic E-state index is -0.0661. The molecule has 1 unspecified atom stereocenters. The molecule has 1 amide bonds. The predicted molar refractivity (Wildman–Crippen MR) is 93.3 cm³/mol. The Kier molecular flexibility index (Phi) is 4.15. The second-order valence-electron chi connectivity index (χ2n) is 5.90. The average Bonchev–Trinajstić information content (AvgIpc) is 3.23. The summed E-state index contributed by atoms with van der Waals surface area (Å²) in [6.45, 7) is 4.94. The van der Waals surface area contributed by atoms with Crippen LogP contribution in [0.15, 0.2) is 24.3 Å². The van der Waals surface area contributed by atoms with E-state index in [9.17, 15) is 4.79 Å². The van der Waals surface area contributed by atoms with Crippen molar-refractivity contribution in [2.45, 2.75) is 12.3 Å². The zero-order chi connectivity index (χ0) is 16.5. The third kappa shape index (κ3) is 2.87. The number of nitrogens with one attached hydrogen (secondary N) is 1. The second kappa shape index (κ2) is 6.45. The molecule has 0 radical (unpaired) electrons. The Bertz CT molecular complexity index is 726. The number of aryl methyl sites for hydroxylation is 1. The lowest BCUT2D eigenvalue weighted by Crippen LogP contribution is -2.37. The molecule has 1 N–H and O–H groups in total. The van der Waals surface area contributed by atoms with Crippen LogP contribution >= 0.6 is 11.8 Å². The first-order chi connectivity index (χ1) is 11.7. The molecule has 0 spiro atoms. The number of rotatable bonds is 3. The van der Waals surface area contributed by atoms with Crippen LogP contribution in [-0.2, 0) is 9.53 Å². The fourth-order valence-corrected chi connectivity index (χ4v) is 4.04. The van der Waals surface area contributed by atoms with Crippen molar-refractivity contribution in [2.75, 3.05) is 41.9 Å². The maximum atomic E-state index is 12.4. The van der Waals surface area contributed by atoms with Crippen LogP contribution in [0.4, 0.5) is 11.9 Å². The summed E-state index contributed by atoms with van der Waals surface area (Å²) >= 11 is 1.61. The molecule has 126 valence electrons. The van der Waals surface area contributed by atoms with Gasteiger partial charge in [-0.2, -0.15) is 4.98 Å². The summed E-state index contributed by atoms with van der Waals surface area (Å²) in [5.74, 6) is 1.64. The van der Waals surface area contributed by atoms with Crippen molar-refractivity contribution in [3.05, 3.63) is 35.4 Å². The first kappa shape index (κ1) is 15.5. The van der Waals surface area contributed by atoms with Gasteiger partial charge in [-0.1, -0.05) is 29.8 Å². The molecule has 24 heavy (non-hydrogen) atoms. The molecular formula is C16H19N5O2S. The number of ether oxygens (including phenoxy) is 1.